The van der Waals surface area contributed by atoms with Gasteiger partial charge < -0.3 is 9.72 Å². The van der Waals surface area contributed by atoms with E-state index in [0.29, 0.717) is 11.8 Å². The summed E-state index contributed by atoms with van der Waals surface area (Å²) in [5, 5.41) is 1.29. The number of fused-ring (bicyclic) bond motifs is 1. The fourth-order valence-corrected chi connectivity index (χ4v) is 2.90. The first kappa shape index (κ1) is 13.3. The maximum atomic E-state index is 5.87. The van der Waals surface area contributed by atoms with Crippen molar-refractivity contribution in [3.05, 3.63) is 41.7 Å². The SMILES string of the molecule is CCOc1ccc2nc(Sc3ccnc(Cl)c3)[nH]c2c1. The van der Waals surface area contributed by atoms with Gasteiger partial charge in [0.1, 0.15) is 10.9 Å². The third kappa shape index (κ3) is 2.89. The van der Waals surface area contributed by atoms with Crippen molar-refractivity contribution >= 4 is 34.4 Å². The molecule has 0 unspecified atom stereocenters. The van der Waals surface area contributed by atoms with Gasteiger partial charge in [0, 0.05) is 17.2 Å². The number of nitrogens with zero attached hydrogens (tertiary/aromatic N) is 2. The molecule has 1 aromatic carbocycles. The molecule has 2 heterocycles. The first-order valence-electron chi connectivity index (χ1n) is 6.16. The van der Waals surface area contributed by atoms with Crippen LogP contribution < -0.4 is 4.74 Å². The molecule has 20 heavy (non-hydrogen) atoms. The van der Waals surface area contributed by atoms with Crippen LogP contribution in [0.1, 0.15) is 6.92 Å². The number of pyridine rings is 1. The Morgan fingerprint density at radius 2 is 2.20 bits per heavy atom. The van der Waals surface area contributed by atoms with Gasteiger partial charge in [0.15, 0.2) is 5.16 Å². The van der Waals surface area contributed by atoms with Gasteiger partial charge in [-0.25, -0.2) is 9.97 Å². The number of nitrogens with one attached hydrogen (secondary N) is 1. The molecule has 0 amide bonds. The van der Waals surface area contributed by atoms with Crippen LogP contribution in [0.4, 0.5) is 0 Å². The average molecular weight is 306 g/mol. The molecule has 1 N–H and O–H groups in total. The summed E-state index contributed by atoms with van der Waals surface area (Å²) in [6, 6.07) is 9.53. The van der Waals surface area contributed by atoms with Crippen LogP contribution in [0.5, 0.6) is 5.75 Å². The van der Waals surface area contributed by atoms with Crippen molar-refractivity contribution in [2.24, 2.45) is 0 Å². The molecule has 0 aliphatic heterocycles. The summed E-state index contributed by atoms with van der Waals surface area (Å²) >= 11 is 7.39. The zero-order valence-corrected chi connectivity index (χ0v) is 12.3. The Bertz CT molecular complexity index is 744. The van der Waals surface area contributed by atoms with E-state index in [2.05, 4.69) is 15.0 Å². The molecule has 4 nitrogen and oxygen atoms in total. The molecule has 3 aromatic rings. The van der Waals surface area contributed by atoms with Gasteiger partial charge in [-0.05, 0) is 31.2 Å². The van der Waals surface area contributed by atoms with E-state index < -0.39 is 0 Å². The Balaban J connectivity index is 1.89. The zero-order chi connectivity index (χ0) is 13.9. The summed E-state index contributed by atoms with van der Waals surface area (Å²) in [6.45, 7) is 2.61. The normalized spacial score (nSPS) is 10.9. The van der Waals surface area contributed by atoms with Gasteiger partial charge in [0.2, 0.25) is 0 Å². The Kier molecular flexibility index (Phi) is 3.80. The molecular weight excluding hydrogens is 294 g/mol. The van der Waals surface area contributed by atoms with E-state index in [1.807, 2.05) is 37.3 Å². The molecule has 0 bridgehead atoms. The predicted octanol–water partition coefficient (Wildman–Crippen LogP) is 4.16. The van der Waals surface area contributed by atoms with E-state index in [4.69, 9.17) is 16.3 Å². The number of H-pyrrole nitrogens is 1. The highest BCUT2D eigenvalue weighted by Gasteiger charge is 2.06. The lowest BCUT2D eigenvalue weighted by Crippen LogP contribution is -1.90. The van der Waals surface area contributed by atoms with E-state index in [1.165, 1.54) is 11.8 Å². The molecule has 6 heteroatoms. The molecule has 0 saturated heterocycles. The Morgan fingerprint density at radius 1 is 1.30 bits per heavy atom. The van der Waals surface area contributed by atoms with Crippen molar-refractivity contribution in [1.82, 2.24) is 15.0 Å². The van der Waals surface area contributed by atoms with Crippen molar-refractivity contribution < 1.29 is 4.74 Å². The minimum Gasteiger partial charge on any atom is -0.494 e. The monoisotopic (exact) mass is 305 g/mol. The Morgan fingerprint density at radius 3 is 3.00 bits per heavy atom. The number of halogens is 1. The summed E-state index contributed by atoms with van der Waals surface area (Å²) in [4.78, 5) is 12.8. The standard InChI is InChI=1S/C14H12ClN3OS/c1-2-19-9-3-4-11-12(7-9)18-14(17-11)20-10-5-6-16-13(15)8-10/h3-8H,2H2,1H3,(H,17,18). The quantitative estimate of drug-likeness (QED) is 0.735. The van der Waals surface area contributed by atoms with Gasteiger partial charge >= 0.3 is 0 Å². The van der Waals surface area contributed by atoms with Gasteiger partial charge in [-0.15, -0.1) is 0 Å². The fourth-order valence-electron chi connectivity index (χ4n) is 1.83. The zero-order valence-electron chi connectivity index (χ0n) is 10.8. The minimum absolute atomic E-state index is 0.477. The number of imidazole rings is 1. The second kappa shape index (κ2) is 5.73. The highest BCUT2D eigenvalue weighted by Crippen LogP contribution is 2.29. The van der Waals surface area contributed by atoms with Gasteiger partial charge in [-0.2, -0.15) is 0 Å². The lowest BCUT2D eigenvalue weighted by molar-refractivity contribution is 0.340. The molecule has 0 atom stereocenters. The largest absolute Gasteiger partial charge is 0.494 e. The lowest BCUT2D eigenvalue weighted by Gasteiger charge is -2.00. The van der Waals surface area contributed by atoms with E-state index in [-0.39, 0.29) is 0 Å². The van der Waals surface area contributed by atoms with Crippen molar-refractivity contribution in [2.75, 3.05) is 6.61 Å². The fraction of sp³-hybridized carbons (Fsp3) is 0.143. The lowest BCUT2D eigenvalue weighted by atomic mass is 10.3. The third-order valence-electron chi connectivity index (χ3n) is 2.66. The highest BCUT2D eigenvalue weighted by atomic mass is 35.5. The predicted molar refractivity (Wildman–Crippen MR) is 80.6 cm³/mol. The van der Waals surface area contributed by atoms with Crippen molar-refractivity contribution in [2.45, 2.75) is 17.0 Å². The first-order valence-corrected chi connectivity index (χ1v) is 7.36. The Hall–Kier alpha value is -1.72. The van der Waals surface area contributed by atoms with Crippen LogP contribution in [0.3, 0.4) is 0 Å². The van der Waals surface area contributed by atoms with E-state index in [0.717, 1.165) is 26.8 Å². The summed E-state index contributed by atoms with van der Waals surface area (Å²) in [5.74, 6) is 0.840. The van der Waals surface area contributed by atoms with Crippen molar-refractivity contribution in [3.63, 3.8) is 0 Å². The van der Waals surface area contributed by atoms with Crippen LogP contribution >= 0.6 is 23.4 Å². The average Bonchev–Trinajstić information content (AvgIpc) is 2.80. The van der Waals surface area contributed by atoms with Crippen LogP contribution in [-0.2, 0) is 0 Å². The molecular formula is C14H12ClN3OS. The molecule has 3 rings (SSSR count). The Labute approximate surface area is 125 Å². The molecule has 2 aromatic heterocycles. The summed E-state index contributed by atoms with van der Waals surface area (Å²) in [5.41, 5.74) is 1.87. The number of ether oxygens (including phenoxy) is 1. The summed E-state index contributed by atoms with van der Waals surface area (Å²) < 4.78 is 5.48. The molecule has 0 radical (unpaired) electrons. The van der Waals surface area contributed by atoms with Gasteiger partial charge in [0.05, 0.1) is 17.6 Å². The number of rotatable bonds is 4. The van der Waals surface area contributed by atoms with Crippen LogP contribution in [0, 0.1) is 0 Å². The first-order chi connectivity index (χ1) is 9.74. The van der Waals surface area contributed by atoms with Crippen LogP contribution in [0.2, 0.25) is 5.15 Å². The van der Waals surface area contributed by atoms with E-state index in [1.54, 1.807) is 6.20 Å². The molecule has 0 aliphatic carbocycles. The van der Waals surface area contributed by atoms with E-state index in [9.17, 15) is 0 Å². The number of aromatic nitrogens is 3. The molecule has 0 spiro atoms. The summed E-state index contributed by atoms with van der Waals surface area (Å²) in [6.07, 6.45) is 1.68. The molecule has 0 saturated carbocycles. The number of aromatic amines is 1. The van der Waals surface area contributed by atoms with Crippen LogP contribution in [0.25, 0.3) is 11.0 Å². The van der Waals surface area contributed by atoms with Crippen LogP contribution in [-0.4, -0.2) is 21.6 Å². The molecule has 0 fully saturated rings. The van der Waals surface area contributed by atoms with Crippen LogP contribution in [0.15, 0.2) is 46.6 Å². The van der Waals surface area contributed by atoms with Gasteiger partial charge in [0.25, 0.3) is 0 Å². The molecule has 0 aliphatic rings. The topological polar surface area (TPSA) is 50.8 Å². The number of hydrogen-bond donors (Lipinski definition) is 1. The maximum Gasteiger partial charge on any atom is 0.171 e. The molecule has 102 valence electrons. The minimum atomic E-state index is 0.477. The van der Waals surface area contributed by atoms with Gasteiger partial charge in [-0.3, -0.25) is 0 Å². The second-order valence-corrected chi connectivity index (χ2v) is 5.52. The highest BCUT2D eigenvalue weighted by molar-refractivity contribution is 7.99. The van der Waals surface area contributed by atoms with Crippen molar-refractivity contribution in [1.29, 1.82) is 0 Å². The summed E-state index contributed by atoms with van der Waals surface area (Å²) in [7, 11) is 0. The number of benzene rings is 1. The maximum absolute atomic E-state index is 5.87. The van der Waals surface area contributed by atoms with Crippen molar-refractivity contribution in [3.8, 4) is 5.75 Å². The smallest absolute Gasteiger partial charge is 0.171 e. The number of hydrogen-bond acceptors (Lipinski definition) is 4. The van der Waals surface area contributed by atoms with E-state index >= 15 is 0 Å². The van der Waals surface area contributed by atoms with Gasteiger partial charge in [-0.1, -0.05) is 23.4 Å². The third-order valence-corrected chi connectivity index (χ3v) is 3.74. The second-order valence-electron chi connectivity index (χ2n) is 4.07.